The Morgan fingerprint density at radius 2 is 1.97 bits per heavy atom. The summed E-state index contributed by atoms with van der Waals surface area (Å²) in [6.07, 6.45) is 1.80. The maximum Gasteiger partial charge on any atom is 0.407 e. The minimum absolute atomic E-state index is 0.196. The van der Waals surface area contributed by atoms with Crippen LogP contribution < -0.4 is 4.90 Å². The van der Waals surface area contributed by atoms with E-state index in [-0.39, 0.29) is 17.4 Å². The third-order valence-corrected chi connectivity index (χ3v) is 6.44. The van der Waals surface area contributed by atoms with Crippen LogP contribution in [0.1, 0.15) is 12.5 Å². The van der Waals surface area contributed by atoms with E-state index in [0.29, 0.717) is 36.4 Å². The number of hydrogen-bond acceptors (Lipinski definition) is 7. The van der Waals surface area contributed by atoms with Gasteiger partial charge in [0.25, 0.3) is 10.0 Å². The SMILES string of the molecule is CC1CN(c2ncnc3c2cnn3S(=O)(=O)Cc2ccccc2)CCN1C(=O)O. The minimum Gasteiger partial charge on any atom is -0.465 e. The predicted molar refractivity (Wildman–Crippen MR) is 106 cm³/mol. The van der Waals surface area contributed by atoms with Gasteiger partial charge in [0.15, 0.2) is 5.65 Å². The van der Waals surface area contributed by atoms with Gasteiger partial charge in [-0.15, -0.1) is 4.09 Å². The number of amides is 1. The fraction of sp³-hybridized carbons (Fsp3) is 0.333. The lowest BCUT2D eigenvalue weighted by Crippen LogP contribution is -2.54. The summed E-state index contributed by atoms with van der Waals surface area (Å²) in [5, 5.41) is 13.8. The van der Waals surface area contributed by atoms with Crippen LogP contribution in [0.15, 0.2) is 42.9 Å². The number of fused-ring (bicyclic) bond motifs is 1. The number of carbonyl (C=O) groups is 1. The summed E-state index contributed by atoms with van der Waals surface area (Å²) in [6, 6.07) is 8.65. The first-order valence-corrected chi connectivity index (χ1v) is 10.7. The van der Waals surface area contributed by atoms with E-state index in [9.17, 15) is 18.3 Å². The topological polar surface area (TPSA) is 122 Å². The monoisotopic (exact) mass is 416 g/mol. The maximum atomic E-state index is 12.9. The first kappa shape index (κ1) is 19.1. The van der Waals surface area contributed by atoms with E-state index < -0.39 is 16.1 Å². The van der Waals surface area contributed by atoms with Gasteiger partial charge in [0.2, 0.25) is 0 Å². The van der Waals surface area contributed by atoms with E-state index in [2.05, 4.69) is 15.1 Å². The van der Waals surface area contributed by atoms with Crippen molar-refractivity contribution in [3.8, 4) is 0 Å². The van der Waals surface area contributed by atoms with Crippen molar-refractivity contribution in [2.45, 2.75) is 18.7 Å². The van der Waals surface area contributed by atoms with Crippen LogP contribution in [-0.4, -0.2) is 69.3 Å². The first-order chi connectivity index (χ1) is 13.9. The molecule has 10 nitrogen and oxygen atoms in total. The van der Waals surface area contributed by atoms with Gasteiger partial charge in [-0.3, -0.25) is 0 Å². The zero-order valence-electron chi connectivity index (χ0n) is 15.7. The fourth-order valence-corrected chi connectivity index (χ4v) is 4.88. The Balaban J connectivity index is 1.66. The Kier molecular flexibility index (Phi) is 4.82. The van der Waals surface area contributed by atoms with Crippen molar-refractivity contribution in [2.75, 3.05) is 24.5 Å². The number of piperazine rings is 1. The Morgan fingerprint density at radius 1 is 1.21 bits per heavy atom. The van der Waals surface area contributed by atoms with E-state index in [1.54, 1.807) is 24.3 Å². The number of hydrogen-bond donors (Lipinski definition) is 1. The van der Waals surface area contributed by atoms with Gasteiger partial charge < -0.3 is 14.9 Å². The Morgan fingerprint density at radius 3 is 2.66 bits per heavy atom. The van der Waals surface area contributed by atoms with Crippen molar-refractivity contribution in [2.24, 2.45) is 0 Å². The van der Waals surface area contributed by atoms with E-state index in [0.717, 1.165) is 4.09 Å². The molecule has 3 aromatic rings. The van der Waals surface area contributed by atoms with Gasteiger partial charge in [0.1, 0.15) is 12.1 Å². The van der Waals surface area contributed by atoms with Gasteiger partial charge in [-0.05, 0) is 12.5 Å². The van der Waals surface area contributed by atoms with Gasteiger partial charge in [0.05, 0.1) is 17.3 Å². The molecule has 1 N–H and O–H groups in total. The molecule has 0 spiro atoms. The number of benzene rings is 1. The van der Waals surface area contributed by atoms with Crippen LogP contribution >= 0.6 is 0 Å². The molecule has 2 aromatic heterocycles. The Bertz CT molecular complexity index is 1150. The van der Waals surface area contributed by atoms with Crippen molar-refractivity contribution < 1.29 is 18.3 Å². The smallest absolute Gasteiger partial charge is 0.407 e. The summed E-state index contributed by atoms with van der Waals surface area (Å²) >= 11 is 0. The molecular weight excluding hydrogens is 396 g/mol. The summed E-state index contributed by atoms with van der Waals surface area (Å²) in [6.45, 7) is 3.06. The van der Waals surface area contributed by atoms with Crippen LogP contribution in [0.4, 0.5) is 10.6 Å². The summed E-state index contributed by atoms with van der Waals surface area (Å²) in [5.74, 6) is 0.353. The van der Waals surface area contributed by atoms with E-state index in [1.807, 2.05) is 17.9 Å². The highest BCUT2D eigenvalue weighted by molar-refractivity contribution is 7.89. The molecule has 1 aliphatic heterocycles. The second-order valence-corrected chi connectivity index (χ2v) is 8.73. The predicted octanol–water partition coefficient (Wildman–Crippen LogP) is 1.39. The number of nitrogens with zero attached hydrogens (tertiary/aromatic N) is 6. The molecule has 1 unspecified atom stereocenters. The molecule has 0 bridgehead atoms. The molecule has 11 heteroatoms. The highest BCUT2D eigenvalue weighted by atomic mass is 32.2. The first-order valence-electron chi connectivity index (χ1n) is 9.07. The molecule has 1 amide bonds. The average Bonchev–Trinajstić information content (AvgIpc) is 3.13. The van der Waals surface area contributed by atoms with Crippen LogP contribution in [0.2, 0.25) is 0 Å². The van der Waals surface area contributed by atoms with Crippen LogP contribution in [0.25, 0.3) is 11.0 Å². The molecule has 0 saturated carbocycles. The Labute approximate surface area is 167 Å². The van der Waals surface area contributed by atoms with E-state index >= 15 is 0 Å². The summed E-state index contributed by atoms with van der Waals surface area (Å²) < 4.78 is 26.7. The molecule has 29 heavy (non-hydrogen) atoms. The molecule has 1 saturated heterocycles. The molecular formula is C18H20N6O4S. The van der Waals surface area contributed by atoms with Gasteiger partial charge >= 0.3 is 6.09 Å². The number of anilines is 1. The largest absolute Gasteiger partial charge is 0.465 e. The van der Waals surface area contributed by atoms with Crippen LogP contribution in [0.3, 0.4) is 0 Å². The second kappa shape index (κ2) is 7.32. The van der Waals surface area contributed by atoms with Crippen LogP contribution in [-0.2, 0) is 15.8 Å². The normalized spacial score (nSPS) is 17.6. The minimum atomic E-state index is -3.76. The average molecular weight is 416 g/mol. The third-order valence-electron chi connectivity index (χ3n) is 4.94. The van der Waals surface area contributed by atoms with Gasteiger partial charge in [0, 0.05) is 25.7 Å². The van der Waals surface area contributed by atoms with Crippen molar-refractivity contribution in [1.29, 1.82) is 0 Å². The molecule has 1 fully saturated rings. The van der Waals surface area contributed by atoms with Gasteiger partial charge in [-0.25, -0.2) is 23.2 Å². The number of aromatic nitrogens is 4. The molecule has 0 aliphatic carbocycles. The highest BCUT2D eigenvalue weighted by Gasteiger charge is 2.30. The molecule has 1 aromatic carbocycles. The van der Waals surface area contributed by atoms with E-state index in [4.69, 9.17) is 0 Å². The van der Waals surface area contributed by atoms with Gasteiger partial charge in [-0.1, -0.05) is 30.3 Å². The fourth-order valence-electron chi connectivity index (χ4n) is 3.55. The zero-order valence-corrected chi connectivity index (χ0v) is 16.5. The van der Waals surface area contributed by atoms with E-state index in [1.165, 1.54) is 17.4 Å². The summed E-state index contributed by atoms with van der Waals surface area (Å²) in [7, 11) is -3.76. The second-order valence-electron chi connectivity index (χ2n) is 6.93. The van der Waals surface area contributed by atoms with Crippen molar-refractivity contribution in [3.05, 3.63) is 48.4 Å². The van der Waals surface area contributed by atoms with Gasteiger partial charge in [-0.2, -0.15) is 5.10 Å². The molecule has 152 valence electrons. The highest BCUT2D eigenvalue weighted by Crippen LogP contribution is 2.26. The molecule has 4 rings (SSSR count). The molecule has 1 aliphatic rings. The lowest BCUT2D eigenvalue weighted by Gasteiger charge is -2.38. The van der Waals surface area contributed by atoms with Crippen LogP contribution in [0.5, 0.6) is 0 Å². The molecule has 1 atom stereocenters. The Hall–Kier alpha value is -3.21. The molecule has 3 heterocycles. The number of rotatable bonds is 4. The third kappa shape index (κ3) is 3.60. The zero-order chi connectivity index (χ0) is 20.6. The quantitative estimate of drug-likeness (QED) is 0.677. The number of carboxylic acid groups (broad SMARTS) is 1. The molecule has 0 radical (unpaired) electrons. The van der Waals surface area contributed by atoms with Crippen LogP contribution in [0, 0.1) is 0 Å². The lowest BCUT2D eigenvalue weighted by molar-refractivity contribution is 0.122. The van der Waals surface area contributed by atoms with Crippen molar-refractivity contribution >= 4 is 33.0 Å². The lowest BCUT2D eigenvalue weighted by atomic mass is 10.2. The van der Waals surface area contributed by atoms with Crippen molar-refractivity contribution in [3.63, 3.8) is 0 Å². The maximum absolute atomic E-state index is 12.9. The standard InChI is InChI=1S/C18H20N6O4S/c1-13-10-22(7-8-23(13)18(25)26)16-15-9-21-24(17(15)20-12-19-16)29(27,28)11-14-5-3-2-4-6-14/h2-6,9,12-13H,7-8,10-11H2,1H3,(H,25,26). The summed E-state index contributed by atoms with van der Waals surface area (Å²) in [4.78, 5) is 23.1. The van der Waals surface area contributed by atoms with Crippen molar-refractivity contribution in [1.82, 2.24) is 24.1 Å². The summed E-state index contributed by atoms with van der Waals surface area (Å²) in [5.41, 5.74) is 0.864.